The molecule has 0 atom stereocenters. The van der Waals surface area contributed by atoms with Crippen molar-refractivity contribution in [3.8, 4) is 0 Å². The average Bonchev–Trinajstić information content (AvgIpc) is 3.45. The molecule has 0 bridgehead atoms. The van der Waals surface area contributed by atoms with Crippen LogP contribution < -0.4 is 0 Å². The molecule has 1 aliphatic heterocycles. The molecule has 7 nitrogen and oxygen atoms in total. The highest BCUT2D eigenvalue weighted by Crippen LogP contribution is 2.41. The molecule has 2 heterocycles. The molecule has 4 rings (SSSR count). The van der Waals surface area contributed by atoms with Gasteiger partial charge in [-0.15, -0.1) is 0 Å². The predicted octanol–water partition coefficient (Wildman–Crippen LogP) is 2.80. The number of nitrogens with zero attached hydrogens (tertiary/aromatic N) is 4. The van der Waals surface area contributed by atoms with Crippen LogP contribution in [0.15, 0.2) is 36.4 Å². The quantitative estimate of drug-likeness (QED) is 0.731. The summed E-state index contributed by atoms with van der Waals surface area (Å²) in [5, 5.41) is 4.64. The van der Waals surface area contributed by atoms with E-state index in [4.69, 9.17) is 0 Å². The van der Waals surface area contributed by atoms with E-state index < -0.39 is 10.0 Å². The second kappa shape index (κ2) is 7.81. The lowest BCUT2D eigenvalue weighted by Gasteiger charge is -2.33. The molecular weight excluding hydrogens is 400 g/mol. The van der Waals surface area contributed by atoms with Crippen LogP contribution in [0.25, 0.3) is 0 Å². The summed E-state index contributed by atoms with van der Waals surface area (Å²) < 4.78 is 29.0. The minimum Gasteiger partial charge on any atom is -0.335 e. The van der Waals surface area contributed by atoms with Crippen molar-refractivity contribution in [2.24, 2.45) is 0 Å². The summed E-state index contributed by atoms with van der Waals surface area (Å²) in [6.45, 7) is 7.68. The topological polar surface area (TPSA) is 75.5 Å². The van der Waals surface area contributed by atoms with Gasteiger partial charge in [-0.25, -0.2) is 8.42 Å². The van der Waals surface area contributed by atoms with Crippen LogP contribution in [-0.4, -0.2) is 59.5 Å². The summed E-state index contributed by atoms with van der Waals surface area (Å²) >= 11 is 0. The maximum absolute atomic E-state index is 13.1. The summed E-state index contributed by atoms with van der Waals surface area (Å²) in [6.07, 6.45) is 2.29. The van der Waals surface area contributed by atoms with Gasteiger partial charge in [0.05, 0.1) is 11.3 Å². The van der Waals surface area contributed by atoms with E-state index in [9.17, 15) is 13.2 Å². The first-order chi connectivity index (χ1) is 14.1. The Hall–Kier alpha value is -2.19. The number of carbonyl (C=O) groups excluding carboxylic acids is 1. The van der Waals surface area contributed by atoms with Crippen LogP contribution in [0.3, 0.4) is 0 Å². The lowest BCUT2D eigenvalue weighted by atomic mass is 10.1. The third-order valence-corrected chi connectivity index (χ3v) is 7.55. The van der Waals surface area contributed by atoms with Crippen molar-refractivity contribution in [2.45, 2.75) is 50.8 Å². The predicted molar refractivity (Wildman–Crippen MR) is 116 cm³/mol. The molecule has 1 aromatic carbocycles. The van der Waals surface area contributed by atoms with Crippen LogP contribution in [-0.2, 0) is 21.3 Å². The van der Waals surface area contributed by atoms with Crippen molar-refractivity contribution in [1.82, 2.24) is 19.0 Å². The van der Waals surface area contributed by atoms with E-state index >= 15 is 0 Å². The highest BCUT2D eigenvalue weighted by molar-refractivity contribution is 7.88. The van der Waals surface area contributed by atoms with Crippen molar-refractivity contribution in [3.63, 3.8) is 0 Å². The minimum absolute atomic E-state index is 0.0114. The van der Waals surface area contributed by atoms with Gasteiger partial charge in [-0.3, -0.25) is 9.48 Å². The third kappa shape index (κ3) is 4.44. The van der Waals surface area contributed by atoms with E-state index in [-0.39, 0.29) is 17.2 Å². The maximum atomic E-state index is 13.1. The van der Waals surface area contributed by atoms with Crippen molar-refractivity contribution in [1.29, 1.82) is 0 Å². The Kier molecular flexibility index (Phi) is 5.48. The van der Waals surface area contributed by atoms with E-state index in [1.54, 1.807) is 4.90 Å². The Morgan fingerprint density at radius 2 is 1.70 bits per heavy atom. The zero-order chi connectivity index (χ0) is 21.5. The van der Waals surface area contributed by atoms with Gasteiger partial charge < -0.3 is 4.90 Å². The second-order valence-corrected chi connectivity index (χ2v) is 11.2. The summed E-state index contributed by atoms with van der Waals surface area (Å²) in [6, 6.07) is 11.1. The molecule has 1 saturated carbocycles. The number of rotatable bonds is 5. The number of hydrogen-bond acceptors (Lipinski definition) is 4. The van der Waals surface area contributed by atoms with E-state index in [0.717, 1.165) is 24.1 Å². The Balaban J connectivity index is 1.42. The van der Waals surface area contributed by atoms with E-state index in [2.05, 4.69) is 25.9 Å². The molecule has 1 amide bonds. The van der Waals surface area contributed by atoms with Gasteiger partial charge >= 0.3 is 0 Å². The molecule has 0 unspecified atom stereocenters. The van der Waals surface area contributed by atoms with Crippen molar-refractivity contribution < 1.29 is 13.2 Å². The number of carbonyl (C=O) groups is 1. The highest BCUT2D eigenvalue weighted by Gasteiger charge is 2.35. The molecule has 2 fully saturated rings. The molecule has 8 heteroatoms. The van der Waals surface area contributed by atoms with Gasteiger partial charge in [0.25, 0.3) is 5.91 Å². The molecule has 0 N–H and O–H groups in total. The molecule has 1 aliphatic carbocycles. The summed E-state index contributed by atoms with van der Waals surface area (Å²) in [4.78, 5) is 14.8. The number of amides is 1. The lowest BCUT2D eigenvalue weighted by molar-refractivity contribution is 0.0690. The zero-order valence-electron chi connectivity index (χ0n) is 17.9. The first-order valence-electron chi connectivity index (χ1n) is 10.6. The molecular formula is C22H30N4O3S. The molecule has 162 valence electrons. The normalized spacial score (nSPS) is 18.6. The molecule has 1 aromatic heterocycles. The number of hydrogen-bond donors (Lipinski definition) is 0. The summed E-state index contributed by atoms with van der Waals surface area (Å²) in [7, 11) is -3.40. The minimum atomic E-state index is -3.40. The van der Waals surface area contributed by atoms with Gasteiger partial charge in [0.1, 0.15) is 0 Å². The molecule has 2 aromatic rings. The van der Waals surface area contributed by atoms with E-state index in [1.807, 2.05) is 41.1 Å². The largest absolute Gasteiger partial charge is 0.335 e. The monoisotopic (exact) mass is 430 g/mol. The van der Waals surface area contributed by atoms with Gasteiger partial charge in [0.2, 0.25) is 10.0 Å². The Morgan fingerprint density at radius 1 is 1.07 bits per heavy atom. The van der Waals surface area contributed by atoms with Crippen molar-refractivity contribution >= 4 is 15.9 Å². The lowest BCUT2D eigenvalue weighted by Crippen LogP contribution is -2.50. The summed E-state index contributed by atoms with van der Waals surface area (Å²) in [5.74, 6) is 0.376. The van der Waals surface area contributed by atoms with Gasteiger partial charge in [-0.05, 0) is 45.2 Å². The Morgan fingerprint density at radius 3 is 2.27 bits per heavy atom. The van der Waals surface area contributed by atoms with Crippen molar-refractivity contribution in [3.05, 3.63) is 53.3 Å². The molecule has 2 aliphatic rings. The second-order valence-electron chi connectivity index (χ2n) is 9.24. The van der Waals surface area contributed by atoms with Gasteiger partial charge in [0.15, 0.2) is 5.69 Å². The number of aromatic nitrogens is 2. The maximum Gasteiger partial charge on any atom is 0.274 e. The average molecular weight is 431 g/mol. The van der Waals surface area contributed by atoms with Crippen molar-refractivity contribution in [2.75, 3.05) is 26.2 Å². The molecule has 30 heavy (non-hydrogen) atoms. The zero-order valence-corrected chi connectivity index (χ0v) is 18.7. The number of sulfonamides is 1. The van der Waals surface area contributed by atoms with Crippen LogP contribution >= 0.6 is 0 Å². The van der Waals surface area contributed by atoms with Gasteiger partial charge in [-0.2, -0.15) is 9.40 Å². The summed E-state index contributed by atoms with van der Waals surface area (Å²) in [5.41, 5.74) is 2.19. The van der Waals surface area contributed by atoms with Crippen LogP contribution in [0.4, 0.5) is 0 Å². The number of benzene rings is 1. The SMILES string of the molecule is CC(C)(C)n1nc(C(=O)N2CCN(S(=O)(=O)Cc3ccccc3)CC2)cc1C1CC1. The van der Waals surface area contributed by atoms with Crippen LogP contribution in [0.1, 0.15) is 61.3 Å². The molecule has 0 radical (unpaired) electrons. The fraction of sp³-hybridized carbons (Fsp3) is 0.545. The Labute approximate surface area is 178 Å². The van der Waals surface area contributed by atoms with Crippen LogP contribution in [0.5, 0.6) is 0 Å². The first-order valence-corrected chi connectivity index (χ1v) is 12.2. The fourth-order valence-corrected chi connectivity index (χ4v) is 5.43. The smallest absolute Gasteiger partial charge is 0.274 e. The van der Waals surface area contributed by atoms with Crippen LogP contribution in [0.2, 0.25) is 0 Å². The molecule has 0 spiro atoms. The fourth-order valence-electron chi connectivity index (χ4n) is 3.91. The first kappa shape index (κ1) is 21.1. The third-order valence-electron chi connectivity index (χ3n) is 5.70. The standard InChI is InChI=1S/C22H30N4O3S/c1-22(2,3)26-20(18-9-10-18)15-19(23-26)21(27)24-11-13-25(14-12-24)30(28,29)16-17-7-5-4-6-8-17/h4-8,15,18H,9-14,16H2,1-3H3. The van der Waals surface area contributed by atoms with Gasteiger partial charge in [-0.1, -0.05) is 30.3 Å². The Bertz CT molecular complexity index is 1010. The number of piperazine rings is 1. The van der Waals surface area contributed by atoms with E-state index in [1.165, 1.54) is 4.31 Å². The van der Waals surface area contributed by atoms with Gasteiger partial charge in [0, 0.05) is 37.8 Å². The molecule has 1 saturated heterocycles. The highest BCUT2D eigenvalue weighted by atomic mass is 32.2. The van der Waals surface area contributed by atoms with E-state index in [0.29, 0.717) is 37.8 Å². The van der Waals surface area contributed by atoms with Crippen LogP contribution in [0, 0.1) is 0 Å².